The zero-order chi connectivity index (χ0) is 17.4. The quantitative estimate of drug-likeness (QED) is 0.772. The van der Waals surface area contributed by atoms with Gasteiger partial charge in [0.05, 0.1) is 18.6 Å². The number of ether oxygens (including phenoxy) is 2. The van der Waals surface area contributed by atoms with Crippen molar-refractivity contribution >= 4 is 11.7 Å². The van der Waals surface area contributed by atoms with Crippen LogP contribution in [0.4, 0.5) is 19.3 Å². The van der Waals surface area contributed by atoms with Gasteiger partial charge < -0.3 is 24.5 Å². The number of furan rings is 1. The van der Waals surface area contributed by atoms with Crippen LogP contribution in [-0.2, 0) is 4.74 Å². The van der Waals surface area contributed by atoms with Crippen molar-refractivity contribution in [1.29, 1.82) is 0 Å². The number of anilines is 1. The van der Waals surface area contributed by atoms with Crippen LogP contribution in [0.3, 0.4) is 0 Å². The van der Waals surface area contributed by atoms with Gasteiger partial charge in [0.15, 0.2) is 0 Å². The number of rotatable bonds is 8. The first-order valence-corrected chi connectivity index (χ1v) is 7.20. The van der Waals surface area contributed by atoms with Crippen LogP contribution < -0.4 is 15.4 Å². The number of halogens is 2. The molecule has 1 atom stereocenters. The van der Waals surface area contributed by atoms with Crippen LogP contribution in [0.1, 0.15) is 11.8 Å². The van der Waals surface area contributed by atoms with E-state index >= 15 is 0 Å². The molecule has 1 heterocycles. The molecule has 0 aliphatic rings. The van der Waals surface area contributed by atoms with Gasteiger partial charge in [0.25, 0.3) is 6.43 Å². The normalized spacial score (nSPS) is 12.0. The second kappa shape index (κ2) is 8.88. The molecule has 2 amide bonds. The van der Waals surface area contributed by atoms with Crippen LogP contribution in [0.15, 0.2) is 47.1 Å². The Bertz CT molecular complexity index is 635. The topological polar surface area (TPSA) is 72.7 Å². The Morgan fingerprint density at radius 3 is 2.67 bits per heavy atom. The van der Waals surface area contributed by atoms with E-state index in [0.717, 1.165) is 0 Å². The second-order valence-corrected chi connectivity index (χ2v) is 4.82. The van der Waals surface area contributed by atoms with E-state index in [-0.39, 0.29) is 18.0 Å². The number of urea groups is 1. The van der Waals surface area contributed by atoms with E-state index in [1.165, 1.54) is 19.4 Å². The van der Waals surface area contributed by atoms with Crippen molar-refractivity contribution in [2.75, 3.05) is 25.6 Å². The molecule has 0 saturated heterocycles. The highest BCUT2D eigenvalue weighted by Crippen LogP contribution is 2.24. The third kappa shape index (κ3) is 5.24. The summed E-state index contributed by atoms with van der Waals surface area (Å²) in [5, 5.41) is 5.26. The summed E-state index contributed by atoms with van der Waals surface area (Å²) in [5.74, 6) is 0.698. The molecule has 8 heteroatoms. The fourth-order valence-corrected chi connectivity index (χ4v) is 2.02. The Labute approximate surface area is 137 Å². The number of methoxy groups -OCH3 is 1. The molecule has 1 aromatic carbocycles. The van der Waals surface area contributed by atoms with E-state index in [1.807, 2.05) is 0 Å². The van der Waals surface area contributed by atoms with Gasteiger partial charge in [-0.25, -0.2) is 13.6 Å². The van der Waals surface area contributed by atoms with Crippen molar-refractivity contribution in [2.45, 2.75) is 12.5 Å². The largest absolute Gasteiger partial charge is 0.485 e. The Morgan fingerprint density at radius 2 is 2.00 bits per heavy atom. The van der Waals surface area contributed by atoms with Crippen LogP contribution in [0.2, 0.25) is 0 Å². The molecule has 2 rings (SSSR count). The lowest BCUT2D eigenvalue weighted by Crippen LogP contribution is -2.34. The summed E-state index contributed by atoms with van der Waals surface area (Å²) < 4.78 is 39.9. The van der Waals surface area contributed by atoms with Crippen molar-refractivity contribution in [3.63, 3.8) is 0 Å². The number of carbonyl (C=O) groups is 1. The lowest BCUT2D eigenvalue weighted by molar-refractivity contribution is 0.0822. The predicted octanol–water partition coefficient (Wildman–Crippen LogP) is 3.43. The number of alkyl halides is 2. The summed E-state index contributed by atoms with van der Waals surface area (Å²) in [7, 11) is 1.50. The smallest absolute Gasteiger partial charge is 0.320 e. The van der Waals surface area contributed by atoms with Crippen molar-refractivity contribution in [2.24, 2.45) is 0 Å². The Hall–Kier alpha value is -2.61. The molecule has 130 valence electrons. The van der Waals surface area contributed by atoms with Crippen LogP contribution in [0.25, 0.3) is 0 Å². The molecule has 0 aliphatic carbocycles. The lowest BCUT2D eigenvalue weighted by atomic mass is 10.2. The summed E-state index contributed by atoms with van der Waals surface area (Å²) in [6, 6.07) is 8.72. The van der Waals surface area contributed by atoms with E-state index in [1.54, 1.807) is 30.3 Å². The number of nitrogens with one attached hydrogen (secondary N) is 2. The third-order valence-electron chi connectivity index (χ3n) is 3.03. The molecular weight excluding hydrogens is 322 g/mol. The number of hydrogen-bond acceptors (Lipinski definition) is 4. The first-order valence-electron chi connectivity index (χ1n) is 7.20. The maximum absolute atomic E-state index is 12.3. The van der Waals surface area contributed by atoms with Crippen molar-refractivity contribution in [1.82, 2.24) is 5.32 Å². The SMILES string of the molecule is COCC(NC(=O)Nc1ccccc1OCC(F)F)c1ccco1. The number of benzene rings is 1. The van der Waals surface area contributed by atoms with E-state index in [4.69, 9.17) is 13.9 Å². The number of para-hydroxylation sites is 2. The maximum atomic E-state index is 12.3. The fourth-order valence-electron chi connectivity index (χ4n) is 2.02. The highest BCUT2D eigenvalue weighted by molar-refractivity contribution is 5.91. The highest BCUT2D eigenvalue weighted by Gasteiger charge is 2.18. The molecule has 6 nitrogen and oxygen atoms in total. The van der Waals surface area contributed by atoms with E-state index < -0.39 is 25.1 Å². The van der Waals surface area contributed by atoms with Crippen molar-refractivity contribution in [3.8, 4) is 5.75 Å². The minimum Gasteiger partial charge on any atom is -0.485 e. The van der Waals surface area contributed by atoms with Gasteiger partial charge in [-0.2, -0.15) is 0 Å². The summed E-state index contributed by atoms with van der Waals surface area (Å²) >= 11 is 0. The maximum Gasteiger partial charge on any atom is 0.320 e. The lowest BCUT2D eigenvalue weighted by Gasteiger charge is -2.17. The molecule has 0 radical (unpaired) electrons. The van der Waals surface area contributed by atoms with Gasteiger partial charge >= 0.3 is 6.03 Å². The molecule has 24 heavy (non-hydrogen) atoms. The average Bonchev–Trinajstić information content (AvgIpc) is 3.08. The minimum absolute atomic E-state index is 0.161. The molecule has 1 aromatic heterocycles. The summed E-state index contributed by atoms with van der Waals surface area (Å²) in [6.45, 7) is -0.538. The van der Waals surface area contributed by atoms with Crippen LogP contribution in [0.5, 0.6) is 5.75 Å². The molecule has 0 spiro atoms. The van der Waals surface area contributed by atoms with E-state index in [9.17, 15) is 13.6 Å². The summed E-state index contributed by atoms with van der Waals surface area (Å²) in [5.41, 5.74) is 0.284. The molecular formula is C16H18F2N2O4. The first kappa shape index (κ1) is 17.7. The molecule has 2 N–H and O–H groups in total. The Kier molecular flexibility index (Phi) is 6.56. The van der Waals surface area contributed by atoms with E-state index in [2.05, 4.69) is 10.6 Å². The Morgan fingerprint density at radius 1 is 1.21 bits per heavy atom. The minimum atomic E-state index is -2.60. The molecule has 1 unspecified atom stereocenters. The van der Waals surface area contributed by atoms with Gasteiger partial charge in [0.2, 0.25) is 0 Å². The molecule has 0 bridgehead atoms. The molecule has 0 fully saturated rings. The van der Waals surface area contributed by atoms with Gasteiger partial charge in [-0.3, -0.25) is 0 Å². The zero-order valence-electron chi connectivity index (χ0n) is 13.0. The van der Waals surface area contributed by atoms with E-state index in [0.29, 0.717) is 5.76 Å². The van der Waals surface area contributed by atoms with Gasteiger partial charge in [-0.05, 0) is 24.3 Å². The van der Waals surface area contributed by atoms with Crippen molar-refractivity contribution in [3.05, 3.63) is 48.4 Å². The predicted molar refractivity (Wildman–Crippen MR) is 83.4 cm³/mol. The van der Waals surface area contributed by atoms with Crippen molar-refractivity contribution < 1.29 is 27.5 Å². The van der Waals surface area contributed by atoms with Crippen LogP contribution in [-0.4, -0.2) is 32.8 Å². The standard InChI is InChI=1S/C16H18F2N2O4/c1-22-9-12(14-7-4-8-23-14)20-16(21)19-11-5-2-3-6-13(11)24-10-15(17)18/h2-8,12,15H,9-10H2,1H3,(H2,19,20,21). The van der Waals surface area contributed by atoms with Gasteiger partial charge in [0.1, 0.15) is 24.2 Å². The first-order chi connectivity index (χ1) is 11.6. The highest BCUT2D eigenvalue weighted by atomic mass is 19.3. The fraction of sp³-hybridized carbons (Fsp3) is 0.312. The number of amides is 2. The monoisotopic (exact) mass is 340 g/mol. The number of carbonyl (C=O) groups excluding carboxylic acids is 1. The third-order valence-corrected chi connectivity index (χ3v) is 3.03. The Balaban J connectivity index is 2.01. The molecule has 2 aromatic rings. The molecule has 0 aliphatic heterocycles. The van der Waals surface area contributed by atoms with Gasteiger partial charge in [-0.1, -0.05) is 12.1 Å². The average molecular weight is 340 g/mol. The molecule has 0 saturated carbocycles. The summed E-state index contributed by atoms with van der Waals surface area (Å²) in [6.07, 6.45) is -1.11. The van der Waals surface area contributed by atoms with Gasteiger partial charge in [-0.15, -0.1) is 0 Å². The van der Waals surface area contributed by atoms with Crippen LogP contribution >= 0.6 is 0 Å². The van der Waals surface area contributed by atoms with Crippen LogP contribution in [0, 0.1) is 0 Å². The summed E-state index contributed by atoms with van der Waals surface area (Å²) in [4.78, 5) is 12.2. The number of hydrogen-bond donors (Lipinski definition) is 2. The van der Waals surface area contributed by atoms with Gasteiger partial charge in [0, 0.05) is 7.11 Å². The zero-order valence-corrected chi connectivity index (χ0v) is 13.0. The second-order valence-electron chi connectivity index (χ2n) is 4.82.